The molecule has 0 aliphatic heterocycles. The van der Waals surface area contributed by atoms with Gasteiger partial charge in [-0.25, -0.2) is 4.79 Å². The third kappa shape index (κ3) is 4.54. The SMILES string of the molecule is CCOc1ccc(C(=O)OC(C)C(=O)Nc2cccc3ccccc23)cc1[N+](=O)[O-]. The predicted molar refractivity (Wildman–Crippen MR) is 112 cm³/mol. The van der Waals surface area contributed by atoms with Gasteiger partial charge in [-0.05, 0) is 37.4 Å². The number of carbonyl (C=O) groups is 2. The fourth-order valence-electron chi connectivity index (χ4n) is 2.92. The number of nitro benzene ring substituents is 1. The molecule has 8 nitrogen and oxygen atoms in total. The van der Waals surface area contributed by atoms with Crippen molar-refractivity contribution in [3.05, 3.63) is 76.3 Å². The van der Waals surface area contributed by atoms with Crippen LogP contribution in [0.3, 0.4) is 0 Å². The zero-order valence-electron chi connectivity index (χ0n) is 16.5. The standard InChI is InChI=1S/C22H20N2O6/c1-3-29-20-12-11-16(13-19(20)24(27)28)22(26)30-14(2)21(25)23-18-10-6-8-15-7-4-5-9-17(15)18/h4-14H,3H2,1-2H3,(H,23,25). The molecule has 0 aromatic heterocycles. The van der Waals surface area contributed by atoms with Crippen molar-refractivity contribution in [2.75, 3.05) is 11.9 Å². The van der Waals surface area contributed by atoms with Gasteiger partial charge in [-0.2, -0.15) is 0 Å². The number of carbonyl (C=O) groups excluding carboxylic acids is 2. The van der Waals surface area contributed by atoms with E-state index in [0.29, 0.717) is 5.69 Å². The first kappa shape index (κ1) is 20.8. The van der Waals surface area contributed by atoms with Crippen molar-refractivity contribution in [2.24, 2.45) is 0 Å². The number of amides is 1. The van der Waals surface area contributed by atoms with Crippen LogP contribution in [0.15, 0.2) is 60.7 Å². The molecule has 0 bridgehead atoms. The molecule has 3 aromatic carbocycles. The van der Waals surface area contributed by atoms with E-state index in [4.69, 9.17) is 9.47 Å². The average molecular weight is 408 g/mol. The van der Waals surface area contributed by atoms with Crippen LogP contribution in [-0.2, 0) is 9.53 Å². The number of ether oxygens (including phenoxy) is 2. The lowest BCUT2D eigenvalue weighted by Crippen LogP contribution is -2.30. The van der Waals surface area contributed by atoms with Crippen LogP contribution in [0.5, 0.6) is 5.75 Å². The van der Waals surface area contributed by atoms with Crippen molar-refractivity contribution in [2.45, 2.75) is 20.0 Å². The molecular formula is C22H20N2O6. The van der Waals surface area contributed by atoms with Crippen molar-refractivity contribution in [3.8, 4) is 5.75 Å². The number of nitrogens with one attached hydrogen (secondary N) is 1. The van der Waals surface area contributed by atoms with E-state index in [0.717, 1.165) is 16.8 Å². The van der Waals surface area contributed by atoms with Crippen LogP contribution < -0.4 is 10.1 Å². The van der Waals surface area contributed by atoms with E-state index < -0.39 is 22.9 Å². The highest BCUT2D eigenvalue weighted by molar-refractivity contribution is 6.04. The van der Waals surface area contributed by atoms with Crippen molar-refractivity contribution in [3.63, 3.8) is 0 Å². The van der Waals surface area contributed by atoms with Gasteiger partial charge in [0.15, 0.2) is 11.9 Å². The number of fused-ring (bicyclic) bond motifs is 1. The summed E-state index contributed by atoms with van der Waals surface area (Å²) < 4.78 is 10.4. The summed E-state index contributed by atoms with van der Waals surface area (Å²) in [5, 5.41) is 15.8. The second kappa shape index (κ2) is 9.04. The van der Waals surface area contributed by atoms with Gasteiger partial charge in [0.05, 0.1) is 17.1 Å². The number of hydrogen-bond acceptors (Lipinski definition) is 6. The quantitative estimate of drug-likeness (QED) is 0.354. The zero-order valence-corrected chi connectivity index (χ0v) is 16.5. The highest BCUT2D eigenvalue weighted by Gasteiger charge is 2.23. The minimum absolute atomic E-state index is 0.0463. The van der Waals surface area contributed by atoms with Crippen molar-refractivity contribution < 1.29 is 24.0 Å². The minimum Gasteiger partial charge on any atom is -0.487 e. The Morgan fingerprint density at radius 1 is 1.10 bits per heavy atom. The van der Waals surface area contributed by atoms with Crippen LogP contribution in [0.25, 0.3) is 10.8 Å². The third-order valence-corrected chi connectivity index (χ3v) is 4.39. The highest BCUT2D eigenvalue weighted by Crippen LogP contribution is 2.28. The van der Waals surface area contributed by atoms with E-state index in [2.05, 4.69) is 5.32 Å². The smallest absolute Gasteiger partial charge is 0.339 e. The molecule has 0 radical (unpaired) electrons. The fraction of sp³-hybridized carbons (Fsp3) is 0.182. The fourth-order valence-corrected chi connectivity index (χ4v) is 2.92. The minimum atomic E-state index is -1.11. The predicted octanol–water partition coefficient (Wildman–Crippen LogP) is 4.33. The van der Waals surface area contributed by atoms with E-state index in [1.54, 1.807) is 13.0 Å². The Kier molecular flexibility index (Phi) is 6.26. The molecule has 30 heavy (non-hydrogen) atoms. The number of nitrogens with zero attached hydrogens (tertiary/aromatic N) is 1. The van der Waals surface area contributed by atoms with E-state index in [9.17, 15) is 19.7 Å². The molecule has 0 aliphatic rings. The van der Waals surface area contributed by atoms with Gasteiger partial charge in [-0.1, -0.05) is 36.4 Å². The topological polar surface area (TPSA) is 108 Å². The number of esters is 1. The number of rotatable bonds is 7. The first-order chi connectivity index (χ1) is 14.4. The van der Waals surface area contributed by atoms with Crippen LogP contribution in [0.4, 0.5) is 11.4 Å². The van der Waals surface area contributed by atoms with Crippen molar-refractivity contribution in [1.82, 2.24) is 0 Å². The van der Waals surface area contributed by atoms with Crippen LogP contribution in [0, 0.1) is 10.1 Å². The maximum Gasteiger partial charge on any atom is 0.339 e. The van der Waals surface area contributed by atoms with Gasteiger partial charge in [0, 0.05) is 17.1 Å². The summed E-state index contributed by atoms with van der Waals surface area (Å²) in [6.07, 6.45) is -1.11. The van der Waals surface area contributed by atoms with Gasteiger partial charge in [0.1, 0.15) is 0 Å². The molecule has 1 atom stereocenters. The summed E-state index contributed by atoms with van der Waals surface area (Å²) in [6, 6.07) is 16.8. The molecule has 8 heteroatoms. The monoisotopic (exact) mass is 408 g/mol. The summed E-state index contributed by atoms with van der Waals surface area (Å²) in [4.78, 5) is 35.5. The summed E-state index contributed by atoms with van der Waals surface area (Å²) in [6.45, 7) is 3.37. The lowest BCUT2D eigenvalue weighted by molar-refractivity contribution is -0.385. The van der Waals surface area contributed by atoms with Crippen molar-refractivity contribution in [1.29, 1.82) is 0 Å². The Hall–Kier alpha value is -3.94. The Balaban J connectivity index is 1.73. The molecule has 0 saturated carbocycles. The van der Waals surface area contributed by atoms with E-state index >= 15 is 0 Å². The highest BCUT2D eigenvalue weighted by atomic mass is 16.6. The van der Waals surface area contributed by atoms with Gasteiger partial charge < -0.3 is 14.8 Å². The molecule has 1 N–H and O–H groups in total. The molecule has 0 fully saturated rings. The Bertz CT molecular complexity index is 1110. The lowest BCUT2D eigenvalue weighted by Gasteiger charge is -2.15. The van der Waals surface area contributed by atoms with Gasteiger partial charge in [0.25, 0.3) is 5.91 Å². The molecule has 3 rings (SSSR count). The molecule has 1 amide bonds. The maximum absolute atomic E-state index is 12.5. The van der Waals surface area contributed by atoms with Crippen LogP contribution in [0.2, 0.25) is 0 Å². The molecule has 1 unspecified atom stereocenters. The molecule has 0 spiro atoms. The third-order valence-electron chi connectivity index (χ3n) is 4.39. The number of benzene rings is 3. The largest absolute Gasteiger partial charge is 0.487 e. The zero-order chi connectivity index (χ0) is 21.7. The first-order valence-electron chi connectivity index (χ1n) is 9.31. The summed E-state index contributed by atoms with van der Waals surface area (Å²) in [5.74, 6) is -1.30. The lowest BCUT2D eigenvalue weighted by atomic mass is 10.1. The van der Waals surface area contributed by atoms with Crippen molar-refractivity contribution >= 4 is 34.0 Å². The molecule has 3 aromatic rings. The summed E-state index contributed by atoms with van der Waals surface area (Å²) in [5.41, 5.74) is 0.201. The van der Waals surface area contributed by atoms with E-state index in [1.807, 2.05) is 36.4 Å². The number of anilines is 1. The van der Waals surface area contributed by atoms with Gasteiger partial charge in [-0.3, -0.25) is 14.9 Å². The Morgan fingerprint density at radius 3 is 2.57 bits per heavy atom. The normalized spacial score (nSPS) is 11.5. The van der Waals surface area contributed by atoms with Crippen LogP contribution in [-0.4, -0.2) is 29.5 Å². The number of hydrogen-bond donors (Lipinski definition) is 1. The van der Waals surface area contributed by atoms with Gasteiger partial charge in [-0.15, -0.1) is 0 Å². The molecular weight excluding hydrogens is 388 g/mol. The molecule has 0 aliphatic carbocycles. The molecule has 0 saturated heterocycles. The average Bonchev–Trinajstić information content (AvgIpc) is 2.74. The molecule has 0 heterocycles. The Morgan fingerprint density at radius 2 is 1.83 bits per heavy atom. The van der Waals surface area contributed by atoms with Gasteiger partial charge in [0.2, 0.25) is 0 Å². The van der Waals surface area contributed by atoms with E-state index in [1.165, 1.54) is 19.1 Å². The summed E-state index contributed by atoms with van der Waals surface area (Å²) >= 11 is 0. The van der Waals surface area contributed by atoms with Crippen LogP contribution >= 0.6 is 0 Å². The van der Waals surface area contributed by atoms with Crippen LogP contribution in [0.1, 0.15) is 24.2 Å². The van der Waals surface area contributed by atoms with Gasteiger partial charge >= 0.3 is 11.7 Å². The maximum atomic E-state index is 12.5. The number of nitro groups is 1. The second-order valence-electron chi connectivity index (χ2n) is 6.44. The first-order valence-corrected chi connectivity index (χ1v) is 9.31. The van der Waals surface area contributed by atoms with E-state index in [-0.39, 0.29) is 23.6 Å². The summed E-state index contributed by atoms with van der Waals surface area (Å²) in [7, 11) is 0. The second-order valence-corrected chi connectivity index (χ2v) is 6.44. The molecule has 154 valence electrons. The Labute approximate surface area is 172 Å².